The number of methoxy groups -OCH3 is 1. The van der Waals surface area contributed by atoms with Gasteiger partial charge in [-0.05, 0) is 31.5 Å². The molecule has 1 aromatic carbocycles. The Hall–Kier alpha value is -3.03. The fraction of sp³-hybridized carbons (Fsp3) is 0.353. The van der Waals surface area contributed by atoms with Crippen molar-refractivity contribution in [2.45, 2.75) is 19.9 Å². The minimum absolute atomic E-state index is 0.201. The van der Waals surface area contributed by atoms with E-state index in [1.807, 2.05) is 0 Å². The number of rotatable bonds is 6. The first-order valence-electron chi connectivity index (χ1n) is 7.71. The predicted molar refractivity (Wildman–Crippen MR) is 87.7 cm³/mol. The molecule has 134 valence electrons. The average Bonchev–Trinajstić information content (AvgIpc) is 2.59. The molecule has 0 fully saturated rings. The van der Waals surface area contributed by atoms with Crippen molar-refractivity contribution < 1.29 is 28.6 Å². The van der Waals surface area contributed by atoms with E-state index in [1.165, 1.54) is 7.11 Å². The number of amides is 2. The van der Waals surface area contributed by atoms with Gasteiger partial charge in [0.2, 0.25) is 0 Å². The molecule has 2 rings (SSSR count). The number of benzene rings is 1. The van der Waals surface area contributed by atoms with Gasteiger partial charge in [0.15, 0.2) is 6.61 Å². The summed E-state index contributed by atoms with van der Waals surface area (Å²) in [6, 6.07) is 5.66. The molecule has 1 aromatic rings. The average molecular weight is 348 g/mol. The normalized spacial score (nSPS) is 16.6. The molecule has 1 atom stereocenters. The van der Waals surface area contributed by atoms with Crippen molar-refractivity contribution in [3.8, 4) is 5.75 Å². The molecule has 0 aromatic heterocycles. The lowest BCUT2D eigenvalue weighted by Gasteiger charge is -2.28. The third-order valence-electron chi connectivity index (χ3n) is 3.56. The SMILES string of the molecule is CCOC(=O)C1=C(C)NC(=O)N[C@@H]1c1ccc(OCC(=O)OC)cc1. The Balaban J connectivity index is 2.22. The van der Waals surface area contributed by atoms with Crippen molar-refractivity contribution in [3.05, 3.63) is 41.1 Å². The van der Waals surface area contributed by atoms with Gasteiger partial charge in [-0.2, -0.15) is 0 Å². The highest BCUT2D eigenvalue weighted by Gasteiger charge is 2.32. The zero-order valence-corrected chi connectivity index (χ0v) is 14.3. The maximum Gasteiger partial charge on any atom is 0.343 e. The number of hydrogen-bond donors (Lipinski definition) is 2. The van der Waals surface area contributed by atoms with E-state index in [-0.39, 0.29) is 13.2 Å². The molecular weight excluding hydrogens is 328 g/mol. The molecule has 8 nitrogen and oxygen atoms in total. The fourth-order valence-electron chi connectivity index (χ4n) is 2.38. The van der Waals surface area contributed by atoms with Crippen LogP contribution in [0.4, 0.5) is 4.79 Å². The van der Waals surface area contributed by atoms with Crippen LogP contribution in [0, 0.1) is 0 Å². The third kappa shape index (κ3) is 4.50. The summed E-state index contributed by atoms with van der Waals surface area (Å²) in [6.45, 7) is 3.39. The number of nitrogens with one attached hydrogen (secondary N) is 2. The molecule has 0 unspecified atom stereocenters. The number of carbonyl (C=O) groups excluding carboxylic acids is 3. The maximum absolute atomic E-state index is 12.2. The fourth-order valence-corrected chi connectivity index (χ4v) is 2.38. The lowest BCUT2D eigenvalue weighted by Crippen LogP contribution is -2.45. The van der Waals surface area contributed by atoms with Crippen LogP contribution in [0.25, 0.3) is 0 Å². The van der Waals surface area contributed by atoms with Crippen LogP contribution < -0.4 is 15.4 Å². The molecule has 2 N–H and O–H groups in total. The number of ether oxygens (including phenoxy) is 3. The molecule has 1 heterocycles. The molecule has 8 heteroatoms. The van der Waals surface area contributed by atoms with Crippen molar-refractivity contribution >= 4 is 18.0 Å². The summed E-state index contributed by atoms with van der Waals surface area (Å²) in [7, 11) is 1.28. The Morgan fingerprint density at radius 1 is 1.20 bits per heavy atom. The Bertz CT molecular complexity index is 696. The first kappa shape index (κ1) is 18.3. The van der Waals surface area contributed by atoms with Gasteiger partial charge in [0.1, 0.15) is 5.75 Å². The van der Waals surface area contributed by atoms with E-state index in [4.69, 9.17) is 9.47 Å². The van der Waals surface area contributed by atoms with E-state index in [0.29, 0.717) is 22.6 Å². The minimum atomic E-state index is -0.637. The van der Waals surface area contributed by atoms with Gasteiger partial charge in [0.05, 0.1) is 25.3 Å². The maximum atomic E-state index is 12.2. The van der Waals surface area contributed by atoms with Crippen LogP contribution >= 0.6 is 0 Å². The minimum Gasteiger partial charge on any atom is -0.482 e. The smallest absolute Gasteiger partial charge is 0.343 e. The highest BCUT2D eigenvalue weighted by molar-refractivity contribution is 5.95. The van der Waals surface area contributed by atoms with Gasteiger partial charge in [0.25, 0.3) is 0 Å². The van der Waals surface area contributed by atoms with Crippen molar-refractivity contribution in [1.29, 1.82) is 0 Å². The van der Waals surface area contributed by atoms with Gasteiger partial charge in [-0.25, -0.2) is 14.4 Å². The number of urea groups is 1. The van der Waals surface area contributed by atoms with E-state index in [2.05, 4.69) is 15.4 Å². The topological polar surface area (TPSA) is 103 Å². The number of hydrogen-bond acceptors (Lipinski definition) is 6. The van der Waals surface area contributed by atoms with Gasteiger partial charge < -0.3 is 24.8 Å². The zero-order chi connectivity index (χ0) is 18.4. The largest absolute Gasteiger partial charge is 0.482 e. The molecule has 1 aliphatic rings. The summed E-state index contributed by atoms with van der Waals surface area (Å²) >= 11 is 0. The Morgan fingerprint density at radius 2 is 1.88 bits per heavy atom. The summed E-state index contributed by atoms with van der Waals surface area (Å²) in [4.78, 5) is 35.1. The third-order valence-corrected chi connectivity index (χ3v) is 3.56. The second kappa shape index (κ2) is 8.18. The quantitative estimate of drug-likeness (QED) is 0.754. The highest BCUT2D eigenvalue weighted by atomic mass is 16.6. The number of carbonyl (C=O) groups is 3. The zero-order valence-electron chi connectivity index (χ0n) is 14.3. The first-order chi connectivity index (χ1) is 12.0. The van der Waals surface area contributed by atoms with Crippen LogP contribution in [0.1, 0.15) is 25.5 Å². The molecule has 0 saturated heterocycles. The Labute approximate surface area is 145 Å². The predicted octanol–water partition coefficient (Wildman–Crippen LogP) is 1.43. The molecule has 0 bridgehead atoms. The van der Waals surface area contributed by atoms with Gasteiger partial charge in [-0.3, -0.25) is 0 Å². The summed E-state index contributed by atoms with van der Waals surface area (Å²) in [5.41, 5.74) is 1.46. The van der Waals surface area contributed by atoms with Gasteiger partial charge in [0, 0.05) is 5.70 Å². The Kier molecular flexibility index (Phi) is 5.99. The molecule has 0 radical (unpaired) electrons. The molecule has 0 saturated carbocycles. The second-order valence-corrected chi connectivity index (χ2v) is 5.22. The lowest BCUT2D eigenvalue weighted by atomic mass is 9.95. The highest BCUT2D eigenvalue weighted by Crippen LogP contribution is 2.28. The van der Waals surface area contributed by atoms with Crippen molar-refractivity contribution in [1.82, 2.24) is 10.6 Å². The molecule has 25 heavy (non-hydrogen) atoms. The molecule has 1 aliphatic heterocycles. The number of allylic oxidation sites excluding steroid dienone is 1. The second-order valence-electron chi connectivity index (χ2n) is 5.22. The van der Waals surface area contributed by atoms with Crippen LogP contribution in [-0.4, -0.2) is 38.3 Å². The summed E-state index contributed by atoms with van der Waals surface area (Å²) < 4.78 is 14.9. The first-order valence-corrected chi connectivity index (χ1v) is 7.71. The molecule has 0 aliphatic carbocycles. The van der Waals surface area contributed by atoms with Crippen LogP contribution in [0.3, 0.4) is 0 Å². The summed E-state index contributed by atoms with van der Waals surface area (Å²) in [6.07, 6.45) is 0. The lowest BCUT2D eigenvalue weighted by molar-refractivity contribution is -0.143. The standard InChI is InChI=1S/C17H20N2O6/c1-4-24-16(21)14-10(2)18-17(22)19-15(14)11-5-7-12(8-6-11)25-9-13(20)23-3/h5-8,15H,4,9H2,1-3H3,(H2,18,19,22)/t15-/m1/s1. The Morgan fingerprint density at radius 3 is 2.48 bits per heavy atom. The van der Waals surface area contributed by atoms with Crippen molar-refractivity contribution in [2.75, 3.05) is 20.3 Å². The van der Waals surface area contributed by atoms with E-state index in [9.17, 15) is 14.4 Å². The molecule has 2 amide bonds. The monoisotopic (exact) mass is 348 g/mol. The van der Waals surface area contributed by atoms with E-state index in [0.717, 1.165) is 0 Å². The van der Waals surface area contributed by atoms with Crippen LogP contribution in [0.2, 0.25) is 0 Å². The van der Waals surface area contributed by atoms with E-state index >= 15 is 0 Å². The van der Waals surface area contributed by atoms with Gasteiger partial charge in [-0.1, -0.05) is 12.1 Å². The van der Waals surface area contributed by atoms with E-state index in [1.54, 1.807) is 38.1 Å². The molecular formula is C17H20N2O6. The van der Waals surface area contributed by atoms with Crippen LogP contribution in [0.15, 0.2) is 35.5 Å². The number of esters is 2. The van der Waals surface area contributed by atoms with Crippen LogP contribution in [0.5, 0.6) is 5.75 Å². The summed E-state index contributed by atoms with van der Waals surface area (Å²) in [5.74, 6) is -0.519. The van der Waals surface area contributed by atoms with Gasteiger partial charge in [-0.15, -0.1) is 0 Å². The summed E-state index contributed by atoms with van der Waals surface area (Å²) in [5, 5.41) is 5.28. The van der Waals surface area contributed by atoms with Crippen molar-refractivity contribution in [2.24, 2.45) is 0 Å². The molecule has 0 spiro atoms. The van der Waals surface area contributed by atoms with E-state index < -0.39 is 24.0 Å². The van der Waals surface area contributed by atoms with Crippen molar-refractivity contribution in [3.63, 3.8) is 0 Å². The van der Waals surface area contributed by atoms with Crippen LogP contribution in [-0.2, 0) is 19.1 Å². The van der Waals surface area contributed by atoms with Gasteiger partial charge >= 0.3 is 18.0 Å².